The lowest BCUT2D eigenvalue weighted by molar-refractivity contribution is 0.0955. The van der Waals surface area contributed by atoms with Crippen molar-refractivity contribution in [3.63, 3.8) is 0 Å². The lowest BCUT2D eigenvalue weighted by atomic mass is 9.96. The minimum absolute atomic E-state index is 0.0549. The Hall–Kier alpha value is -1.65. The molecule has 1 saturated heterocycles. The average Bonchev–Trinajstić information content (AvgIpc) is 3.06. The molecule has 2 heterocycles. The van der Waals surface area contributed by atoms with Crippen LogP contribution in [0.25, 0.3) is 11.1 Å². The van der Waals surface area contributed by atoms with Crippen LogP contribution in [0.5, 0.6) is 0 Å². The molecule has 0 bridgehead atoms. The van der Waals surface area contributed by atoms with Gasteiger partial charge in [-0.05, 0) is 62.2 Å². The van der Waals surface area contributed by atoms with Gasteiger partial charge in [-0.2, -0.15) is 0 Å². The molecule has 4 heteroatoms. The molecule has 3 rings (SSSR count). The zero-order valence-corrected chi connectivity index (χ0v) is 14.4. The molecule has 1 aliphatic rings. The normalized spacial score (nSPS) is 17.9. The van der Waals surface area contributed by atoms with Crippen LogP contribution in [0.15, 0.2) is 35.7 Å². The molecular formula is C19H24N2OS. The molecule has 0 radical (unpaired) electrons. The van der Waals surface area contributed by atoms with Gasteiger partial charge in [-0.3, -0.25) is 4.79 Å². The van der Waals surface area contributed by atoms with Gasteiger partial charge >= 0.3 is 0 Å². The molecule has 1 amide bonds. The van der Waals surface area contributed by atoms with Crippen molar-refractivity contribution in [2.75, 3.05) is 19.6 Å². The third-order valence-corrected chi connectivity index (χ3v) is 5.38. The second-order valence-corrected chi connectivity index (χ2v) is 7.20. The first-order chi connectivity index (χ1) is 11.2. The summed E-state index contributed by atoms with van der Waals surface area (Å²) in [7, 11) is 0. The van der Waals surface area contributed by atoms with E-state index in [2.05, 4.69) is 41.8 Å². The fourth-order valence-corrected chi connectivity index (χ4v) is 3.92. The predicted octanol–water partition coefficient (Wildman–Crippen LogP) is 3.84. The van der Waals surface area contributed by atoms with Gasteiger partial charge in [0, 0.05) is 12.1 Å². The van der Waals surface area contributed by atoms with E-state index in [-0.39, 0.29) is 5.91 Å². The Labute approximate surface area is 142 Å². The number of hydrogen-bond acceptors (Lipinski definition) is 3. The lowest BCUT2D eigenvalue weighted by Crippen LogP contribution is -2.33. The topological polar surface area (TPSA) is 41.1 Å². The SMILES string of the molecule is Cc1ccc(-c2ccsc2C(=O)NCCC2CCCNC2)cc1. The molecule has 1 unspecified atom stereocenters. The number of aryl methyl sites for hydroxylation is 1. The lowest BCUT2D eigenvalue weighted by Gasteiger charge is -2.22. The maximum atomic E-state index is 12.5. The summed E-state index contributed by atoms with van der Waals surface area (Å²) in [5.74, 6) is 0.753. The first-order valence-electron chi connectivity index (χ1n) is 8.37. The van der Waals surface area contributed by atoms with Crippen molar-refractivity contribution < 1.29 is 4.79 Å². The molecule has 2 aromatic rings. The van der Waals surface area contributed by atoms with Crippen LogP contribution >= 0.6 is 11.3 Å². The maximum Gasteiger partial charge on any atom is 0.261 e. The Bertz CT molecular complexity index is 642. The van der Waals surface area contributed by atoms with Gasteiger partial charge in [-0.15, -0.1) is 11.3 Å². The minimum Gasteiger partial charge on any atom is -0.351 e. The fourth-order valence-electron chi connectivity index (χ4n) is 3.09. The van der Waals surface area contributed by atoms with Gasteiger partial charge in [-0.25, -0.2) is 0 Å². The quantitative estimate of drug-likeness (QED) is 0.875. The van der Waals surface area contributed by atoms with E-state index in [1.165, 1.54) is 29.7 Å². The van der Waals surface area contributed by atoms with Crippen molar-refractivity contribution in [1.29, 1.82) is 0 Å². The first kappa shape index (κ1) is 16.2. The summed E-state index contributed by atoms with van der Waals surface area (Å²) in [6.45, 7) is 5.06. The third kappa shape index (κ3) is 4.21. The molecule has 0 aliphatic carbocycles. The Balaban J connectivity index is 1.59. The summed E-state index contributed by atoms with van der Waals surface area (Å²) in [5, 5.41) is 8.52. The summed E-state index contributed by atoms with van der Waals surface area (Å²) >= 11 is 1.52. The molecule has 3 nitrogen and oxygen atoms in total. The molecule has 1 atom stereocenters. The highest BCUT2D eigenvalue weighted by molar-refractivity contribution is 7.12. The Kier molecular flexibility index (Phi) is 5.47. The zero-order chi connectivity index (χ0) is 16.1. The summed E-state index contributed by atoms with van der Waals surface area (Å²) in [4.78, 5) is 13.3. The summed E-state index contributed by atoms with van der Waals surface area (Å²) in [6, 6.07) is 10.4. The largest absolute Gasteiger partial charge is 0.351 e. The summed E-state index contributed by atoms with van der Waals surface area (Å²) < 4.78 is 0. The number of carbonyl (C=O) groups excluding carboxylic acids is 1. The van der Waals surface area contributed by atoms with E-state index >= 15 is 0 Å². The number of nitrogens with one attached hydrogen (secondary N) is 2. The zero-order valence-electron chi connectivity index (χ0n) is 13.6. The fraction of sp³-hybridized carbons (Fsp3) is 0.421. The van der Waals surface area contributed by atoms with Crippen LogP contribution in [0.1, 0.15) is 34.5 Å². The van der Waals surface area contributed by atoms with Crippen molar-refractivity contribution in [1.82, 2.24) is 10.6 Å². The molecular weight excluding hydrogens is 304 g/mol. The molecule has 23 heavy (non-hydrogen) atoms. The highest BCUT2D eigenvalue weighted by atomic mass is 32.1. The number of carbonyl (C=O) groups is 1. The smallest absolute Gasteiger partial charge is 0.261 e. The van der Waals surface area contributed by atoms with Crippen LogP contribution in [-0.2, 0) is 0 Å². The van der Waals surface area contributed by atoms with E-state index in [0.717, 1.165) is 42.1 Å². The second-order valence-electron chi connectivity index (χ2n) is 6.29. The van der Waals surface area contributed by atoms with E-state index in [4.69, 9.17) is 0 Å². The van der Waals surface area contributed by atoms with Crippen LogP contribution in [0.4, 0.5) is 0 Å². The monoisotopic (exact) mass is 328 g/mol. The van der Waals surface area contributed by atoms with Gasteiger partial charge in [0.2, 0.25) is 0 Å². The van der Waals surface area contributed by atoms with Crippen LogP contribution in [-0.4, -0.2) is 25.5 Å². The van der Waals surface area contributed by atoms with Crippen LogP contribution in [0.3, 0.4) is 0 Å². The van der Waals surface area contributed by atoms with Crippen LogP contribution in [0, 0.1) is 12.8 Å². The Morgan fingerprint density at radius 1 is 1.30 bits per heavy atom. The van der Waals surface area contributed by atoms with E-state index in [1.54, 1.807) is 0 Å². The van der Waals surface area contributed by atoms with Crippen molar-refractivity contribution in [2.45, 2.75) is 26.2 Å². The molecule has 0 saturated carbocycles. The second kappa shape index (κ2) is 7.75. The van der Waals surface area contributed by atoms with Gasteiger partial charge in [0.1, 0.15) is 0 Å². The van der Waals surface area contributed by atoms with E-state index in [1.807, 2.05) is 11.4 Å². The van der Waals surface area contributed by atoms with Gasteiger partial charge < -0.3 is 10.6 Å². The van der Waals surface area contributed by atoms with Crippen LogP contribution < -0.4 is 10.6 Å². The highest BCUT2D eigenvalue weighted by Crippen LogP contribution is 2.28. The Morgan fingerprint density at radius 3 is 2.87 bits per heavy atom. The van der Waals surface area contributed by atoms with E-state index in [0.29, 0.717) is 5.92 Å². The number of amides is 1. The molecule has 1 fully saturated rings. The Morgan fingerprint density at radius 2 is 2.13 bits per heavy atom. The number of piperidine rings is 1. The van der Waals surface area contributed by atoms with Crippen molar-refractivity contribution in [3.8, 4) is 11.1 Å². The van der Waals surface area contributed by atoms with E-state index < -0.39 is 0 Å². The first-order valence-corrected chi connectivity index (χ1v) is 9.25. The van der Waals surface area contributed by atoms with Gasteiger partial charge in [0.15, 0.2) is 0 Å². The molecule has 1 aromatic carbocycles. The summed E-state index contributed by atoms with van der Waals surface area (Å²) in [5.41, 5.74) is 3.38. The maximum absolute atomic E-state index is 12.5. The van der Waals surface area contributed by atoms with Crippen molar-refractivity contribution in [3.05, 3.63) is 46.2 Å². The highest BCUT2D eigenvalue weighted by Gasteiger charge is 2.16. The number of rotatable bonds is 5. The van der Waals surface area contributed by atoms with Gasteiger partial charge in [-0.1, -0.05) is 29.8 Å². The van der Waals surface area contributed by atoms with E-state index in [9.17, 15) is 4.79 Å². The third-order valence-electron chi connectivity index (χ3n) is 4.47. The van der Waals surface area contributed by atoms with Gasteiger partial charge in [0.05, 0.1) is 4.88 Å². The average molecular weight is 328 g/mol. The van der Waals surface area contributed by atoms with Crippen molar-refractivity contribution >= 4 is 17.2 Å². The minimum atomic E-state index is 0.0549. The molecule has 122 valence electrons. The predicted molar refractivity (Wildman–Crippen MR) is 97.0 cm³/mol. The van der Waals surface area contributed by atoms with Gasteiger partial charge in [0.25, 0.3) is 5.91 Å². The molecule has 1 aromatic heterocycles. The van der Waals surface area contributed by atoms with Crippen LogP contribution in [0.2, 0.25) is 0 Å². The summed E-state index contributed by atoms with van der Waals surface area (Å²) in [6.07, 6.45) is 3.58. The molecule has 0 spiro atoms. The number of hydrogen-bond donors (Lipinski definition) is 2. The molecule has 2 N–H and O–H groups in total. The number of benzene rings is 1. The molecule has 1 aliphatic heterocycles. The standard InChI is InChI=1S/C19H24N2OS/c1-14-4-6-16(7-5-14)17-9-12-23-18(17)19(22)21-11-8-15-3-2-10-20-13-15/h4-7,9,12,15,20H,2-3,8,10-11,13H2,1H3,(H,21,22). The van der Waals surface area contributed by atoms with Crippen molar-refractivity contribution in [2.24, 2.45) is 5.92 Å². The number of thiophene rings is 1.